The quantitative estimate of drug-likeness (QED) is 0.442. The third-order valence-electron chi connectivity index (χ3n) is 6.22. The maximum Gasteiger partial charge on any atom is 0.315 e. The van der Waals surface area contributed by atoms with Gasteiger partial charge in [0.15, 0.2) is 0 Å². The molecule has 3 heterocycles. The summed E-state index contributed by atoms with van der Waals surface area (Å²) in [6.45, 7) is 4.48. The number of fused-ring (bicyclic) bond motifs is 2. The zero-order valence-electron chi connectivity index (χ0n) is 17.9. The SMILES string of the molecule is C[C@@H]1CN(c2ccc3c(c2)CCCO3)CCN1C(=O)C(=O)Nc1ccc2c(c1)OC(=O)C2. The molecule has 0 aliphatic carbocycles. The van der Waals surface area contributed by atoms with Crippen molar-refractivity contribution >= 4 is 29.2 Å². The lowest BCUT2D eigenvalue weighted by atomic mass is 10.0. The average Bonchev–Trinajstić information content (AvgIpc) is 3.17. The predicted molar refractivity (Wildman–Crippen MR) is 118 cm³/mol. The zero-order chi connectivity index (χ0) is 22.2. The highest BCUT2D eigenvalue weighted by molar-refractivity contribution is 6.39. The Kier molecular flexibility index (Phi) is 5.20. The van der Waals surface area contributed by atoms with Crippen LogP contribution in [0.2, 0.25) is 0 Å². The normalized spacial score (nSPS) is 19.5. The molecule has 8 heteroatoms. The molecule has 2 amide bonds. The van der Waals surface area contributed by atoms with Gasteiger partial charge in [0.1, 0.15) is 11.5 Å². The Bertz CT molecular complexity index is 1100. The third kappa shape index (κ3) is 3.88. The van der Waals surface area contributed by atoms with Crippen molar-refractivity contribution in [3.8, 4) is 11.5 Å². The van der Waals surface area contributed by atoms with Gasteiger partial charge >= 0.3 is 17.8 Å². The first-order chi connectivity index (χ1) is 15.5. The van der Waals surface area contributed by atoms with Crippen LogP contribution in [0.25, 0.3) is 0 Å². The fourth-order valence-corrected chi connectivity index (χ4v) is 4.54. The molecule has 0 unspecified atom stereocenters. The van der Waals surface area contributed by atoms with Gasteiger partial charge in [0, 0.05) is 48.7 Å². The van der Waals surface area contributed by atoms with E-state index in [0.29, 0.717) is 31.1 Å². The van der Waals surface area contributed by atoms with E-state index in [2.05, 4.69) is 22.3 Å². The molecule has 0 bridgehead atoms. The van der Waals surface area contributed by atoms with Crippen molar-refractivity contribution in [3.63, 3.8) is 0 Å². The van der Waals surface area contributed by atoms with Gasteiger partial charge in [0.25, 0.3) is 0 Å². The Labute approximate surface area is 186 Å². The number of aryl methyl sites for hydroxylation is 1. The number of carbonyl (C=O) groups is 3. The molecule has 1 N–H and O–H groups in total. The molecule has 166 valence electrons. The van der Waals surface area contributed by atoms with Crippen LogP contribution >= 0.6 is 0 Å². The van der Waals surface area contributed by atoms with E-state index in [9.17, 15) is 14.4 Å². The van der Waals surface area contributed by atoms with Gasteiger partial charge in [-0.05, 0) is 49.6 Å². The Hall–Kier alpha value is -3.55. The topological polar surface area (TPSA) is 88.2 Å². The van der Waals surface area contributed by atoms with Gasteiger partial charge in [-0.1, -0.05) is 6.07 Å². The van der Waals surface area contributed by atoms with E-state index < -0.39 is 11.8 Å². The molecule has 32 heavy (non-hydrogen) atoms. The van der Waals surface area contributed by atoms with Crippen molar-refractivity contribution in [2.45, 2.75) is 32.2 Å². The number of amides is 2. The van der Waals surface area contributed by atoms with Crippen LogP contribution in [0.4, 0.5) is 11.4 Å². The average molecular weight is 435 g/mol. The molecule has 2 aromatic carbocycles. The minimum absolute atomic E-state index is 0.116. The molecule has 0 aromatic heterocycles. The highest BCUT2D eigenvalue weighted by Crippen LogP contribution is 2.31. The first-order valence-electron chi connectivity index (χ1n) is 10.9. The second-order valence-corrected chi connectivity index (χ2v) is 8.47. The van der Waals surface area contributed by atoms with E-state index in [0.717, 1.165) is 36.4 Å². The molecule has 3 aliphatic rings. The number of nitrogens with zero attached hydrogens (tertiary/aromatic N) is 2. The minimum Gasteiger partial charge on any atom is -0.493 e. The van der Waals surface area contributed by atoms with E-state index in [1.165, 1.54) is 5.56 Å². The van der Waals surface area contributed by atoms with Crippen LogP contribution in [0.5, 0.6) is 11.5 Å². The summed E-state index contributed by atoms with van der Waals surface area (Å²) in [7, 11) is 0. The van der Waals surface area contributed by atoms with Crippen LogP contribution in [0.3, 0.4) is 0 Å². The summed E-state index contributed by atoms with van der Waals surface area (Å²) in [5.41, 5.74) is 3.54. The van der Waals surface area contributed by atoms with Gasteiger partial charge in [-0.15, -0.1) is 0 Å². The number of hydrogen-bond donors (Lipinski definition) is 1. The molecular weight excluding hydrogens is 410 g/mol. The molecule has 5 rings (SSSR count). The van der Waals surface area contributed by atoms with Crippen molar-refractivity contribution in [2.75, 3.05) is 36.5 Å². The Morgan fingerprint density at radius 3 is 2.78 bits per heavy atom. The van der Waals surface area contributed by atoms with Gasteiger partial charge in [-0.2, -0.15) is 0 Å². The summed E-state index contributed by atoms with van der Waals surface area (Å²) < 4.78 is 10.8. The highest BCUT2D eigenvalue weighted by atomic mass is 16.5. The van der Waals surface area contributed by atoms with Crippen LogP contribution in [-0.2, 0) is 27.2 Å². The zero-order valence-corrected chi connectivity index (χ0v) is 17.9. The number of hydrogen-bond acceptors (Lipinski definition) is 6. The van der Waals surface area contributed by atoms with Gasteiger partial charge in [-0.25, -0.2) is 0 Å². The van der Waals surface area contributed by atoms with E-state index in [-0.39, 0.29) is 18.4 Å². The monoisotopic (exact) mass is 435 g/mol. The lowest BCUT2D eigenvalue weighted by molar-refractivity contribution is -0.144. The van der Waals surface area contributed by atoms with Crippen LogP contribution in [0.1, 0.15) is 24.5 Å². The van der Waals surface area contributed by atoms with Crippen LogP contribution in [0.15, 0.2) is 36.4 Å². The van der Waals surface area contributed by atoms with Crippen molar-refractivity contribution in [1.29, 1.82) is 0 Å². The number of piperazine rings is 1. The van der Waals surface area contributed by atoms with Gasteiger partial charge in [-0.3, -0.25) is 14.4 Å². The standard InChI is InChI=1S/C24H25N3O5/c1-15-14-26(19-6-7-20-16(11-19)3-2-10-31-20)8-9-27(15)24(30)23(29)25-18-5-4-17-12-22(28)32-21(17)13-18/h4-7,11,13,15H,2-3,8-10,12,14H2,1H3,(H,25,29)/t15-/m1/s1. The minimum atomic E-state index is -0.694. The van der Waals surface area contributed by atoms with E-state index in [1.807, 2.05) is 13.0 Å². The Morgan fingerprint density at radius 1 is 1.06 bits per heavy atom. The molecule has 2 aromatic rings. The number of anilines is 2. The summed E-state index contributed by atoms with van der Waals surface area (Å²) in [5.74, 6) is -0.191. The van der Waals surface area contributed by atoms with Crippen molar-refractivity contribution in [3.05, 3.63) is 47.5 Å². The van der Waals surface area contributed by atoms with Crippen LogP contribution in [-0.4, -0.2) is 55.0 Å². The summed E-state index contributed by atoms with van der Waals surface area (Å²) in [6.07, 6.45) is 2.26. The van der Waals surface area contributed by atoms with Gasteiger partial charge < -0.3 is 24.6 Å². The van der Waals surface area contributed by atoms with E-state index >= 15 is 0 Å². The first-order valence-corrected chi connectivity index (χ1v) is 10.9. The molecule has 0 spiro atoms. The van der Waals surface area contributed by atoms with Crippen LogP contribution in [0, 0.1) is 0 Å². The van der Waals surface area contributed by atoms with E-state index in [4.69, 9.17) is 9.47 Å². The lowest BCUT2D eigenvalue weighted by Gasteiger charge is -2.40. The second kappa shape index (κ2) is 8.18. The summed E-state index contributed by atoms with van der Waals surface area (Å²) in [6, 6.07) is 11.1. The number of carbonyl (C=O) groups excluding carboxylic acids is 3. The first kappa shape index (κ1) is 20.4. The number of rotatable bonds is 2. The Balaban J connectivity index is 1.22. The fourth-order valence-electron chi connectivity index (χ4n) is 4.54. The maximum atomic E-state index is 12.8. The molecule has 3 aliphatic heterocycles. The molecule has 1 saturated heterocycles. The number of esters is 1. The van der Waals surface area contributed by atoms with Gasteiger partial charge in [0.2, 0.25) is 0 Å². The molecule has 1 fully saturated rings. The van der Waals surface area contributed by atoms with Crippen molar-refractivity contribution < 1.29 is 23.9 Å². The largest absolute Gasteiger partial charge is 0.493 e. The van der Waals surface area contributed by atoms with Crippen LogP contribution < -0.4 is 19.7 Å². The number of nitrogens with one attached hydrogen (secondary N) is 1. The molecular formula is C24H25N3O5. The van der Waals surface area contributed by atoms with Crippen molar-refractivity contribution in [1.82, 2.24) is 4.90 Å². The van der Waals surface area contributed by atoms with Gasteiger partial charge in [0.05, 0.1) is 13.0 Å². The second-order valence-electron chi connectivity index (χ2n) is 8.47. The molecule has 1 atom stereocenters. The molecule has 0 saturated carbocycles. The third-order valence-corrected chi connectivity index (χ3v) is 6.22. The summed E-state index contributed by atoms with van der Waals surface area (Å²) in [5, 5.41) is 2.63. The number of ether oxygens (including phenoxy) is 2. The fraction of sp³-hybridized carbons (Fsp3) is 0.375. The maximum absolute atomic E-state index is 12.8. The molecule has 8 nitrogen and oxygen atoms in total. The highest BCUT2D eigenvalue weighted by Gasteiger charge is 2.32. The lowest BCUT2D eigenvalue weighted by Crippen LogP contribution is -2.56. The van der Waals surface area contributed by atoms with E-state index in [1.54, 1.807) is 23.1 Å². The Morgan fingerprint density at radius 2 is 1.94 bits per heavy atom. The molecule has 0 radical (unpaired) electrons. The predicted octanol–water partition coefficient (Wildman–Crippen LogP) is 2.15. The summed E-state index contributed by atoms with van der Waals surface area (Å²) >= 11 is 0. The smallest absolute Gasteiger partial charge is 0.315 e. The summed E-state index contributed by atoms with van der Waals surface area (Å²) in [4.78, 5) is 40.7. The number of benzene rings is 2. The van der Waals surface area contributed by atoms with Crippen molar-refractivity contribution in [2.24, 2.45) is 0 Å².